The molecule has 0 saturated heterocycles. The summed E-state index contributed by atoms with van der Waals surface area (Å²) in [6.07, 6.45) is 0.0220. The van der Waals surface area contributed by atoms with Crippen LogP contribution in [0.25, 0.3) is 0 Å². The van der Waals surface area contributed by atoms with Gasteiger partial charge in [-0.15, -0.1) is 0 Å². The Hall–Kier alpha value is -1.03. The van der Waals surface area contributed by atoms with Crippen molar-refractivity contribution in [3.63, 3.8) is 0 Å². The molecule has 0 heterocycles. The molecule has 1 N–H and O–H groups in total. The minimum absolute atomic E-state index is 0.0220. The number of hydrogen-bond acceptors (Lipinski definition) is 2. The fraction of sp³-hybridized carbons (Fsp3) is 0.462. The number of carbonyl (C=O) groups is 1. The summed E-state index contributed by atoms with van der Waals surface area (Å²) in [5, 5.41) is 8.46. The van der Waals surface area contributed by atoms with Gasteiger partial charge in [0.25, 0.3) is 0 Å². The van der Waals surface area contributed by atoms with E-state index in [0.29, 0.717) is 0 Å². The minimum atomic E-state index is -0.847. The molecule has 0 unspecified atom stereocenters. The van der Waals surface area contributed by atoms with Gasteiger partial charge in [-0.25, -0.2) is 0 Å². The van der Waals surface area contributed by atoms with Crippen LogP contribution in [0.1, 0.15) is 31.4 Å². The summed E-state index contributed by atoms with van der Waals surface area (Å²) in [5.74, 6) is -0.130. The van der Waals surface area contributed by atoms with Crippen molar-refractivity contribution in [1.29, 1.82) is 0 Å². The molecule has 1 rings (SSSR count). The second kappa shape index (κ2) is 8.12. The number of benzene rings is 1. The van der Waals surface area contributed by atoms with E-state index in [2.05, 4.69) is 15.9 Å². The molecule has 17 heavy (non-hydrogen) atoms. The SMILES string of the molecule is CC.Cc1cc(OCCC(=O)O)cc(C)c1Br. The van der Waals surface area contributed by atoms with Crippen molar-refractivity contribution in [1.82, 2.24) is 0 Å². The smallest absolute Gasteiger partial charge is 0.306 e. The van der Waals surface area contributed by atoms with E-state index in [9.17, 15) is 4.79 Å². The van der Waals surface area contributed by atoms with Crippen LogP contribution in [0, 0.1) is 13.8 Å². The summed E-state index contributed by atoms with van der Waals surface area (Å²) in [6.45, 7) is 8.15. The molecule has 0 aliphatic carbocycles. The fourth-order valence-corrected chi connectivity index (χ4v) is 1.47. The maximum Gasteiger partial charge on any atom is 0.306 e. The predicted octanol–water partition coefficient (Wildman–Crippen LogP) is 3.95. The Morgan fingerprint density at radius 2 is 1.76 bits per heavy atom. The van der Waals surface area contributed by atoms with E-state index < -0.39 is 5.97 Å². The van der Waals surface area contributed by atoms with Crippen LogP contribution in [0.2, 0.25) is 0 Å². The highest BCUT2D eigenvalue weighted by atomic mass is 79.9. The Kier molecular flexibility index (Phi) is 7.63. The molecule has 96 valence electrons. The first-order valence-electron chi connectivity index (χ1n) is 5.62. The minimum Gasteiger partial charge on any atom is -0.493 e. The lowest BCUT2D eigenvalue weighted by molar-refractivity contribution is -0.137. The lowest BCUT2D eigenvalue weighted by atomic mass is 10.1. The van der Waals surface area contributed by atoms with Crippen molar-refractivity contribution in [2.75, 3.05) is 6.61 Å². The number of rotatable bonds is 4. The predicted molar refractivity (Wildman–Crippen MR) is 72.7 cm³/mol. The van der Waals surface area contributed by atoms with Gasteiger partial charge in [0.2, 0.25) is 0 Å². The summed E-state index contributed by atoms with van der Waals surface area (Å²) in [7, 11) is 0. The molecule has 0 aromatic heterocycles. The number of ether oxygens (including phenoxy) is 1. The lowest BCUT2D eigenvalue weighted by Gasteiger charge is -2.09. The van der Waals surface area contributed by atoms with Gasteiger partial charge in [-0.2, -0.15) is 0 Å². The Balaban J connectivity index is 0.00000121. The highest BCUT2D eigenvalue weighted by Crippen LogP contribution is 2.26. The van der Waals surface area contributed by atoms with Crippen LogP contribution in [-0.2, 0) is 4.79 Å². The monoisotopic (exact) mass is 302 g/mol. The second-order valence-electron chi connectivity index (χ2n) is 3.36. The van der Waals surface area contributed by atoms with E-state index in [1.165, 1.54) is 0 Å². The van der Waals surface area contributed by atoms with Gasteiger partial charge in [0.1, 0.15) is 5.75 Å². The first kappa shape index (κ1) is 16.0. The van der Waals surface area contributed by atoms with E-state index in [4.69, 9.17) is 9.84 Å². The van der Waals surface area contributed by atoms with Crippen LogP contribution in [0.5, 0.6) is 5.75 Å². The van der Waals surface area contributed by atoms with Gasteiger partial charge < -0.3 is 9.84 Å². The molecule has 0 amide bonds. The number of aliphatic carboxylic acids is 1. The zero-order valence-electron chi connectivity index (χ0n) is 10.7. The maximum atomic E-state index is 10.3. The Bertz CT molecular complexity index is 352. The highest BCUT2D eigenvalue weighted by molar-refractivity contribution is 9.10. The highest BCUT2D eigenvalue weighted by Gasteiger charge is 2.04. The Morgan fingerprint density at radius 3 is 2.18 bits per heavy atom. The number of halogens is 1. The molecule has 1 aromatic rings. The summed E-state index contributed by atoms with van der Waals surface area (Å²) in [4.78, 5) is 10.3. The molecule has 1 aromatic carbocycles. The number of hydrogen-bond donors (Lipinski definition) is 1. The first-order chi connectivity index (χ1) is 8.00. The van der Waals surface area contributed by atoms with Crippen LogP contribution in [0.15, 0.2) is 16.6 Å². The van der Waals surface area contributed by atoms with Crippen LogP contribution < -0.4 is 4.74 Å². The Labute approximate surface area is 111 Å². The van der Waals surface area contributed by atoms with Crippen LogP contribution in [0.4, 0.5) is 0 Å². The topological polar surface area (TPSA) is 46.5 Å². The maximum absolute atomic E-state index is 10.3. The summed E-state index contributed by atoms with van der Waals surface area (Å²) in [5.41, 5.74) is 2.17. The molecule has 0 radical (unpaired) electrons. The van der Waals surface area contributed by atoms with Crippen LogP contribution >= 0.6 is 15.9 Å². The zero-order chi connectivity index (χ0) is 13.4. The molecule has 0 aliphatic rings. The normalized spacial score (nSPS) is 9.24. The third-order valence-electron chi connectivity index (χ3n) is 1.99. The van der Waals surface area contributed by atoms with E-state index >= 15 is 0 Å². The van der Waals surface area contributed by atoms with Gasteiger partial charge in [-0.1, -0.05) is 29.8 Å². The second-order valence-corrected chi connectivity index (χ2v) is 4.16. The molecule has 0 atom stereocenters. The van der Waals surface area contributed by atoms with Gasteiger partial charge >= 0.3 is 5.97 Å². The van der Waals surface area contributed by atoms with Gasteiger partial charge in [0.15, 0.2) is 0 Å². The molecular weight excluding hydrogens is 284 g/mol. The zero-order valence-corrected chi connectivity index (χ0v) is 12.3. The number of carboxylic acids is 1. The van der Waals surface area contributed by atoms with Crippen molar-refractivity contribution in [3.05, 3.63) is 27.7 Å². The fourth-order valence-electron chi connectivity index (χ4n) is 1.25. The molecule has 0 saturated carbocycles. The average molecular weight is 303 g/mol. The van der Waals surface area contributed by atoms with Crippen molar-refractivity contribution in [2.24, 2.45) is 0 Å². The van der Waals surface area contributed by atoms with Crippen LogP contribution in [-0.4, -0.2) is 17.7 Å². The van der Waals surface area contributed by atoms with Crippen molar-refractivity contribution >= 4 is 21.9 Å². The first-order valence-corrected chi connectivity index (χ1v) is 6.41. The third-order valence-corrected chi connectivity index (χ3v) is 3.25. The van der Waals surface area contributed by atoms with Gasteiger partial charge in [-0.3, -0.25) is 4.79 Å². The number of aryl methyl sites for hydroxylation is 2. The lowest BCUT2D eigenvalue weighted by Crippen LogP contribution is -2.05. The molecule has 0 fully saturated rings. The van der Waals surface area contributed by atoms with E-state index in [-0.39, 0.29) is 13.0 Å². The molecule has 0 aliphatic heterocycles. The quantitative estimate of drug-likeness (QED) is 0.916. The molecule has 4 heteroatoms. The van der Waals surface area contributed by atoms with Crippen LogP contribution in [0.3, 0.4) is 0 Å². The Morgan fingerprint density at radius 1 is 1.29 bits per heavy atom. The molecule has 3 nitrogen and oxygen atoms in total. The van der Waals surface area contributed by atoms with Crippen molar-refractivity contribution < 1.29 is 14.6 Å². The van der Waals surface area contributed by atoms with E-state index in [1.807, 2.05) is 39.8 Å². The summed E-state index contributed by atoms with van der Waals surface area (Å²) in [6, 6.07) is 3.78. The molecular formula is C13H19BrO3. The van der Waals surface area contributed by atoms with E-state index in [0.717, 1.165) is 21.3 Å². The molecule has 0 bridgehead atoms. The standard InChI is InChI=1S/C11H13BrO3.C2H6/c1-7-5-9(6-8(2)11(7)12)15-4-3-10(13)14;1-2/h5-6H,3-4H2,1-2H3,(H,13,14);1-2H3. The third kappa shape index (κ3) is 5.73. The summed E-state index contributed by atoms with van der Waals surface area (Å²) < 4.78 is 6.39. The van der Waals surface area contributed by atoms with E-state index in [1.54, 1.807) is 0 Å². The van der Waals surface area contributed by atoms with Gasteiger partial charge in [0, 0.05) is 4.47 Å². The van der Waals surface area contributed by atoms with Crippen molar-refractivity contribution in [3.8, 4) is 5.75 Å². The van der Waals surface area contributed by atoms with Crippen molar-refractivity contribution in [2.45, 2.75) is 34.1 Å². The average Bonchev–Trinajstić information content (AvgIpc) is 2.28. The van der Waals surface area contributed by atoms with Gasteiger partial charge in [0.05, 0.1) is 13.0 Å². The summed E-state index contributed by atoms with van der Waals surface area (Å²) >= 11 is 3.45. The molecule has 0 spiro atoms. The number of carboxylic acid groups (broad SMARTS) is 1. The van der Waals surface area contributed by atoms with Gasteiger partial charge in [-0.05, 0) is 37.1 Å². The largest absolute Gasteiger partial charge is 0.493 e.